The van der Waals surface area contributed by atoms with Crippen molar-refractivity contribution in [2.75, 3.05) is 19.6 Å². The molecule has 27 heavy (non-hydrogen) atoms. The molecule has 0 bridgehead atoms. The summed E-state index contributed by atoms with van der Waals surface area (Å²) in [6, 6.07) is 9.59. The van der Waals surface area contributed by atoms with Gasteiger partial charge in [-0.1, -0.05) is 51.5 Å². The maximum atomic E-state index is 5.16. The van der Waals surface area contributed by atoms with Crippen LogP contribution in [-0.2, 0) is 6.42 Å². The molecule has 1 atom stereocenters. The van der Waals surface area contributed by atoms with Gasteiger partial charge in [0.05, 0.1) is 29.7 Å². The zero-order valence-corrected chi connectivity index (χ0v) is 16.8. The Labute approximate surface area is 162 Å². The van der Waals surface area contributed by atoms with Crippen molar-refractivity contribution < 1.29 is 0 Å². The van der Waals surface area contributed by atoms with Crippen LogP contribution in [0.25, 0.3) is 11.4 Å². The Balaban J connectivity index is 1.63. The molecule has 1 aromatic carbocycles. The predicted octanol–water partition coefficient (Wildman–Crippen LogP) is 4.35. The van der Waals surface area contributed by atoms with E-state index in [1.807, 2.05) is 0 Å². The van der Waals surface area contributed by atoms with E-state index in [0.717, 1.165) is 37.8 Å². The molecule has 1 N–H and O–H groups in total. The average Bonchev–Trinajstić information content (AvgIpc) is 2.84. The van der Waals surface area contributed by atoms with Gasteiger partial charge in [0.2, 0.25) is 0 Å². The molecule has 0 amide bonds. The molecular weight excluding hydrogens is 332 g/mol. The van der Waals surface area contributed by atoms with Gasteiger partial charge < -0.3 is 9.88 Å². The molecule has 1 saturated carbocycles. The number of imidazole rings is 1. The molecule has 3 aliphatic rings. The summed E-state index contributed by atoms with van der Waals surface area (Å²) in [5.74, 6) is 1.91. The molecule has 1 aliphatic carbocycles. The van der Waals surface area contributed by atoms with Gasteiger partial charge in [-0.2, -0.15) is 0 Å². The quantitative estimate of drug-likeness (QED) is 0.863. The summed E-state index contributed by atoms with van der Waals surface area (Å²) in [5.41, 5.74) is 6.57. The Hall–Kier alpha value is -1.94. The van der Waals surface area contributed by atoms with Crippen LogP contribution in [0.5, 0.6) is 0 Å². The fraction of sp³-hybridized carbons (Fsp3) is 0.565. The summed E-state index contributed by atoms with van der Waals surface area (Å²) >= 11 is 0. The Morgan fingerprint density at radius 2 is 1.89 bits per heavy atom. The first-order valence-electron chi connectivity index (χ1n) is 10.5. The largest absolute Gasteiger partial charge is 0.317 e. The number of aromatic nitrogens is 2. The minimum absolute atomic E-state index is 0.143. The van der Waals surface area contributed by atoms with Gasteiger partial charge >= 0.3 is 0 Å². The molecule has 4 nitrogen and oxygen atoms in total. The van der Waals surface area contributed by atoms with Crippen molar-refractivity contribution in [3.8, 4) is 11.4 Å². The van der Waals surface area contributed by atoms with E-state index in [1.165, 1.54) is 47.5 Å². The highest BCUT2D eigenvalue weighted by molar-refractivity contribution is 6.03. The topological polar surface area (TPSA) is 42.2 Å². The molecule has 0 saturated heterocycles. The molecule has 0 radical (unpaired) electrons. The van der Waals surface area contributed by atoms with Gasteiger partial charge in [-0.3, -0.25) is 4.99 Å². The molecule has 3 heterocycles. The van der Waals surface area contributed by atoms with Crippen molar-refractivity contribution in [2.24, 2.45) is 10.4 Å². The van der Waals surface area contributed by atoms with E-state index < -0.39 is 0 Å². The van der Waals surface area contributed by atoms with Crippen molar-refractivity contribution in [3.63, 3.8) is 0 Å². The van der Waals surface area contributed by atoms with Crippen LogP contribution in [0.15, 0.2) is 29.3 Å². The molecule has 1 fully saturated rings. The van der Waals surface area contributed by atoms with Crippen molar-refractivity contribution in [2.45, 2.75) is 58.4 Å². The van der Waals surface area contributed by atoms with Crippen LogP contribution in [0.2, 0.25) is 0 Å². The summed E-state index contributed by atoms with van der Waals surface area (Å²) < 4.78 is 2.52. The first-order chi connectivity index (χ1) is 13.0. The number of hydrogen-bond donors (Lipinski definition) is 1. The molecule has 2 aliphatic heterocycles. The van der Waals surface area contributed by atoms with Gasteiger partial charge in [0.15, 0.2) is 0 Å². The molecular formula is C23H30N4. The first-order valence-corrected chi connectivity index (χ1v) is 10.5. The van der Waals surface area contributed by atoms with Gasteiger partial charge in [-0.25, -0.2) is 4.98 Å². The molecule has 142 valence electrons. The Bertz CT molecular complexity index is 878. The lowest BCUT2D eigenvalue weighted by molar-refractivity contribution is 0.246. The van der Waals surface area contributed by atoms with E-state index >= 15 is 0 Å². The summed E-state index contributed by atoms with van der Waals surface area (Å²) in [4.78, 5) is 10.1. The standard InChI is InChI=1S/C23H30N4/c1-23(2,3)20-14-25-19-13-24-12-11-18-21(19)27(20)22(26-18)17-9-7-16(8-10-17)15-5-4-6-15/h7-10,15,20,24H,4-6,11-14H2,1-3H3. The Morgan fingerprint density at radius 1 is 1.11 bits per heavy atom. The number of aliphatic imine (C=N–C) groups is 1. The highest BCUT2D eigenvalue weighted by atomic mass is 15.2. The van der Waals surface area contributed by atoms with E-state index in [0.29, 0.717) is 6.04 Å². The fourth-order valence-corrected chi connectivity index (χ4v) is 4.68. The maximum Gasteiger partial charge on any atom is 0.141 e. The van der Waals surface area contributed by atoms with Crippen LogP contribution in [-0.4, -0.2) is 34.9 Å². The van der Waals surface area contributed by atoms with Gasteiger partial charge in [0.25, 0.3) is 0 Å². The van der Waals surface area contributed by atoms with Gasteiger partial charge in [0.1, 0.15) is 5.82 Å². The van der Waals surface area contributed by atoms with E-state index in [1.54, 1.807) is 0 Å². The lowest BCUT2D eigenvalue weighted by atomic mass is 9.80. The van der Waals surface area contributed by atoms with Crippen LogP contribution in [0.3, 0.4) is 0 Å². The van der Waals surface area contributed by atoms with Crippen molar-refractivity contribution >= 4 is 5.71 Å². The zero-order valence-electron chi connectivity index (χ0n) is 16.8. The molecule has 0 spiro atoms. The third-order valence-electron chi connectivity index (χ3n) is 6.60. The highest BCUT2D eigenvalue weighted by Crippen LogP contribution is 2.41. The summed E-state index contributed by atoms with van der Waals surface area (Å²) in [6.45, 7) is 9.64. The maximum absolute atomic E-state index is 5.16. The van der Waals surface area contributed by atoms with Gasteiger partial charge in [-0.15, -0.1) is 0 Å². The second-order valence-electron chi connectivity index (χ2n) is 9.45. The number of rotatable bonds is 2. The monoisotopic (exact) mass is 362 g/mol. The molecule has 1 unspecified atom stereocenters. The minimum atomic E-state index is 0.143. The second-order valence-corrected chi connectivity index (χ2v) is 9.45. The highest BCUT2D eigenvalue weighted by Gasteiger charge is 2.36. The Kier molecular flexibility index (Phi) is 4.01. The third kappa shape index (κ3) is 2.85. The van der Waals surface area contributed by atoms with Crippen LogP contribution in [0.4, 0.5) is 0 Å². The molecule has 1 aromatic heterocycles. The summed E-state index contributed by atoms with van der Waals surface area (Å²) in [5, 5.41) is 3.50. The average molecular weight is 363 g/mol. The van der Waals surface area contributed by atoms with Crippen LogP contribution in [0.1, 0.15) is 68.9 Å². The number of benzene rings is 1. The molecule has 5 rings (SSSR count). The SMILES string of the molecule is CC(C)(C)C1CN=C2CNCCc3nc(-c4ccc(C5CCC5)cc4)n1c32. The van der Waals surface area contributed by atoms with Crippen molar-refractivity contribution in [1.29, 1.82) is 0 Å². The van der Waals surface area contributed by atoms with Crippen LogP contribution in [0, 0.1) is 5.41 Å². The fourth-order valence-electron chi connectivity index (χ4n) is 4.68. The normalized spacial score (nSPS) is 22.6. The number of nitrogens with zero attached hydrogens (tertiary/aromatic N) is 3. The lowest BCUT2D eigenvalue weighted by Crippen LogP contribution is -2.35. The van der Waals surface area contributed by atoms with E-state index in [9.17, 15) is 0 Å². The van der Waals surface area contributed by atoms with E-state index in [-0.39, 0.29) is 5.41 Å². The first kappa shape index (κ1) is 17.2. The van der Waals surface area contributed by atoms with Crippen molar-refractivity contribution in [3.05, 3.63) is 41.2 Å². The summed E-state index contributed by atoms with van der Waals surface area (Å²) in [6.07, 6.45) is 5.06. The predicted molar refractivity (Wildman–Crippen MR) is 111 cm³/mol. The molecule has 2 aromatic rings. The van der Waals surface area contributed by atoms with Crippen LogP contribution < -0.4 is 5.32 Å². The van der Waals surface area contributed by atoms with E-state index in [2.05, 4.69) is 54.9 Å². The number of nitrogens with one attached hydrogen (secondary N) is 1. The lowest BCUT2D eigenvalue weighted by Gasteiger charge is -2.36. The minimum Gasteiger partial charge on any atom is -0.317 e. The Morgan fingerprint density at radius 3 is 2.56 bits per heavy atom. The van der Waals surface area contributed by atoms with E-state index in [4.69, 9.17) is 9.98 Å². The third-order valence-corrected chi connectivity index (χ3v) is 6.60. The summed E-state index contributed by atoms with van der Waals surface area (Å²) in [7, 11) is 0. The number of hydrogen-bond acceptors (Lipinski definition) is 3. The second kappa shape index (κ2) is 6.30. The van der Waals surface area contributed by atoms with Crippen molar-refractivity contribution in [1.82, 2.24) is 14.9 Å². The van der Waals surface area contributed by atoms with Gasteiger partial charge in [0, 0.05) is 25.1 Å². The zero-order chi connectivity index (χ0) is 18.6. The smallest absolute Gasteiger partial charge is 0.141 e. The van der Waals surface area contributed by atoms with Gasteiger partial charge in [-0.05, 0) is 29.7 Å². The molecule has 4 heteroatoms. The van der Waals surface area contributed by atoms with Crippen LogP contribution >= 0.6 is 0 Å².